The number of fused-ring (bicyclic) bond motifs is 1. The molecule has 0 saturated carbocycles. The van der Waals surface area contributed by atoms with E-state index in [-0.39, 0.29) is 0 Å². The molecule has 0 spiro atoms. The van der Waals surface area contributed by atoms with Gasteiger partial charge >= 0.3 is 0 Å². The van der Waals surface area contributed by atoms with E-state index in [9.17, 15) is 4.21 Å². The summed E-state index contributed by atoms with van der Waals surface area (Å²) in [5.74, 6) is 3.23. The van der Waals surface area contributed by atoms with Gasteiger partial charge in [0.15, 0.2) is 0 Å². The lowest BCUT2D eigenvalue weighted by atomic mass is 10.2. The summed E-state index contributed by atoms with van der Waals surface area (Å²) in [6.07, 6.45) is 1.71. The molecule has 2 aromatic heterocycles. The SMILES string of the molecule is Cc1ccc(CNc2ccc3c(NCCS(C)=O)cccc3n2)o1. The number of nitrogens with zero attached hydrogens (tertiary/aromatic N) is 1. The Balaban J connectivity index is 1.72. The standard InChI is InChI=1S/C18H21N3O2S/c1-13-6-7-14(23-13)12-20-18-9-8-15-16(19-10-11-24(2)22)4-3-5-17(15)21-18/h3-9,19H,10-12H2,1-2H3,(H,20,21). The predicted octanol–water partition coefficient (Wildman–Crippen LogP) is 3.54. The first kappa shape index (κ1) is 16.5. The van der Waals surface area contributed by atoms with Gasteiger partial charge in [-0.15, -0.1) is 0 Å². The molecule has 0 bridgehead atoms. The summed E-state index contributed by atoms with van der Waals surface area (Å²) >= 11 is 0. The van der Waals surface area contributed by atoms with Gasteiger partial charge in [-0.1, -0.05) is 6.07 Å². The first-order chi connectivity index (χ1) is 11.6. The molecule has 0 aliphatic carbocycles. The van der Waals surface area contributed by atoms with E-state index in [1.165, 1.54) is 0 Å². The molecular weight excluding hydrogens is 322 g/mol. The van der Waals surface area contributed by atoms with E-state index in [0.717, 1.165) is 33.9 Å². The van der Waals surface area contributed by atoms with E-state index in [1.54, 1.807) is 6.26 Å². The Labute approximate surface area is 143 Å². The zero-order valence-corrected chi connectivity index (χ0v) is 14.7. The lowest BCUT2D eigenvalue weighted by Gasteiger charge is -2.10. The molecule has 5 nitrogen and oxygen atoms in total. The molecule has 0 saturated heterocycles. The Morgan fingerprint density at radius 2 is 2.00 bits per heavy atom. The van der Waals surface area contributed by atoms with Gasteiger partial charge in [0.25, 0.3) is 0 Å². The number of rotatable bonds is 7. The fourth-order valence-corrected chi connectivity index (χ4v) is 2.88. The van der Waals surface area contributed by atoms with Gasteiger partial charge in [0.05, 0.1) is 12.1 Å². The van der Waals surface area contributed by atoms with Gasteiger partial charge < -0.3 is 15.1 Å². The maximum atomic E-state index is 11.2. The maximum absolute atomic E-state index is 11.2. The monoisotopic (exact) mass is 343 g/mol. The van der Waals surface area contributed by atoms with Crippen LogP contribution in [0.15, 0.2) is 46.9 Å². The number of aromatic nitrogens is 1. The van der Waals surface area contributed by atoms with Crippen LogP contribution in [0.4, 0.5) is 11.5 Å². The highest BCUT2D eigenvalue weighted by molar-refractivity contribution is 7.84. The van der Waals surface area contributed by atoms with Crippen LogP contribution in [-0.2, 0) is 17.3 Å². The van der Waals surface area contributed by atoms with Crippen LogP contribution in [0.1, 0.15) is 11.5 Å². The van der Waals surface area contributed by atoms with E-state index in [1.807, 2.05) is 49.4 Å². The number of benzene rings is 1. The zero-order chi connectivity index (χ0) is 16.9. The summed E-state index contributed by atoms with van der Waals surface area (Å²) in [4.78, 5) is 4.65. The second-order valence-electron chi connectivity index (χ2n) is 5.64. The molecule has 0 aliphatic heterocycles. The number of furan rings is 1. The zero-order valence-electron chi connectivity index (χ0n) is 13.8. The van der Waals surface area contributed by atoms with Crippen LogP contribution in [0.2, 0.25) is 0 Å². The van der Waals surface area contributed by atoms with Crippen molar-refractivity contribution in [2.75, 3.05) is 29.2 Å². The maximum Gasteiger partial charge on any atom is 0.127 e. The summed E-state index contributed by atoms with van der Waals surface area (Å²) in [7, 11) is -0.793. The first-order valence-corrected chi connectivity index (χ1v) is 9.57. The van der Waals surface area contributed by atoms with Gasteiger partial charge in [0, 0.05) is 40.4 Å². The molecule has 0 aliphatic rings. The molecule has 6 heteroatoms. The van der Waals surface area contributed by atoms with Gasteiger partial charge in [-0.2, -0.15) is 0 Å². The van der Waals surface area contributed by atoms with Crippen LogP contribution in [-0.4, -0.2) is 27.7 Å². The van der Waals surface area contributed by atoms with Gasteiger partial charge in [-0.25, -0.2) is 4.98 Å². The summed E-state index contributed by atoms with van der Waals surface area (Å²) in [6, 6.07) is 13.9. The summed E-state index contributed by atoms with van der Waals surface area (Å²) in [6.45, 7) is 3.22. The van der Waals surface area contributed by atoms with Crippen molar-refractivity contribution in [3.8, 4) is 0 Å². The number of aryl methyl sites for hydroxylation is 1. The predicted molar refractivity (Wildman–Crippen MR) is 99.9 cm³/mol. The molecule has 0 fully saturated rings. The molecular formula is C18H21N3O2S. The minimum absolute atomic E-state index is 0.604. The molecule has 2 N–H and O–H groups in total. The van der Waals surface area contributed by atoms with E-state index < -0.39 is 10.8 Å². The molecule has 1 aromatic carbocycles. The van der Waals surface area contributed by atoms with Gasteiger partial charge in [0.2, 0.25) is 0 Å². The van der Waals surface area contributed by atoms with Crippen molar-refractivity contribution in [3.05, 3.63) is 54.0 Å². The largest absolute Gasteiger partial charge is 0.465 e. The Kier molecular flexibility index (Phi) is 5.15. The number of anilines is 2. The second-order valence-corrected chi connectivity index (χ2v) is 7.19. The summed E-state index contributed by atoms with van der Waals surface area (Å²) in [5.41, 5.74) is 1.93. The Morgan fingerprint density at radius 3 is 2.75 bits per heavy atom. The van der Waals surface area contributed by atoms with Crippen molar-refractivity contribution in [2.24, 2.45) is 0 Å². The third-order valence-corrected chi connectivity index (χ3v) is 4.46. The van der Waals surface area contributed by atoms with Crippen molar-refractivity contribution in [1.82, 2.24) is 4.98 Å². The Morgan fingerprint density at radius 1 is 1.12 bits per heavy atom. The Hall–Kier alpha value is -2.34. The van der Waals surface area contributed by atoms with Crippen LogP contribution < -0.4 is 10.6 Å². The smallest absolute Gasteiger partial charge is 0.127 e. The average Bonchev–Trinajstić information content (AvgIpc) is 2.98. The molecule has 0 radical (unpaired) electrons. The van der Waals surface area contributed by atoms with E-state index in [0.29, 0.717) is 18.8 Å². The molecule has 1 unspecified atom stereocenters. The normalized spacial score (nSPS) is 12.2. The lowest BCUT2D eigenvalue weighted by molar-refractivity contribution is 0.490. The molecule has 1 atom stereocenters. The highest BCUT2D eigenvalue weighted by Gasteiger charge is 2.04. The number of hydrogen-bond donors (Lipinski definition) is 2. The Bertz CT molecular complexity index is 860. The van der Waals surface area contributed by atoms with Crippen molar-refractivity contribution < 1.29 is 8.63 Å². The van der Waals surface area contributed by atoms with Gasteiger partial charge in [-0.05, 0) is 43.3 Å². The molecule has 126 valence electrons. The molecule has 0 amide bonds. The third kappa shape index (κ3) is 4.14. The molecule has 3 aromatic rings. The van der Waals surface area contributed by atoms with Crippen LogP contribution >= 0.6 is 0 Å². The number of hydrogen-bond acceptors (Lipinski definition) is 5. The number of pyridine rings is 1. The average molecular weight is 343 g/mol. The molecule has 24 heavy (non-hydrogen) atoms. The minimum atomic E-state index is -0.793. The summed E-state index contributed by atoms with van der Waals surface area (Å²) < 4.78 is 16.7. The minimum Gasteiger partial charge on any atom is -0.465 e. The van der Waals surface area contributed by atoms with Crippen LogP contribution in [0.25, 0.3) is 10.9 Å². The van der Waals surface area contributed by atoms with Gasteiger partial charge in [-0.3, -0.25) is 4.21 Å². The van der Waals surface area contributed by atoms with Crippen molar-refractivity contribution in [3.63, 3.8) is 0 Å². The summed E-state index contributed by atoms with van der Waals surface area (Å²) in [5, 5.41) is 7.66. The third-order valence-electron chi connectivity index (χ3n) is 3.68. The quantitative estimate of drug-likeness (QED) is 0.687. The molecule has 2 heterocycles. The number of nitrogens with one attached hydrogen (secondary N) is 2. The van der Waals surface area contributed by atoms with Crippen LogP contribution in [0, 0.1) is 6.92 Å². The second kappa shape index (κ2) is 7.49. The van der Waals surface area contributed by atoms with Crippen LogP contribution in [0.5, 0.6) is 0 Å². The van der Waals surface area contributed by atoms with E-state index in [2.05, 4.69) is 15.6 Å². The van der Waals surface area contributed by atoms with Crippen LogP contribution in [0.3, 0.4) is 0 Å². The first-order valence-electron chi connectivity index (χ1n) is 7.85. The lowest BCUT2D eigenvalue weighted by Crippen LogP contribution is -2.10. The highest BCUT2D eigenvalue weighted by Crippen LogP contribution is 2.23. The topological polar surface area (TPSA) is 67.2 Å². The highest BCUT2D eigenvalue weighted by atomic mass is 32.2. The van der Waals surface area contributed by atoms with E-state index in [4.69, 9.17) is 4.42 Å². The van der Waals surface area contributed by atoms with Crippen molar-refractivity contribution in [2.45, 2.75) is 13.5 Å². The fraction of sp³-hybridized carbons (Fsp3) is 0.278. The van der Waals surface area contributed by atoms with Crippen molar-refractivity contribution in [1.29, 1.82) is 0 Å². The fourth-order valence-electron chi connectivity index (χ4n) is 2.49. The van der Waals surface area contributed by atoms with Gasteiger partial charge in [0.1, 0.15) is 17.3 Å². The van der Waals surface area contributed by atoms with Crippen molar-refractivity contribution >= 4 is 33.2 Å². The molecule has 3 rings (SSSR count). The van der Waals surface area contributed by atoms with E-state index >= 15 is 0 Å².